The number of nitrogens with zero attached hydrogens (tertiary/aromatic N) is 1. The molecule has 0 bridgehead atoms. The van der Waals surface area contributed by atoms with Gasteiger partial charge < -0.3 is 10.3 Å². The third kappa shape index (κ3) is 3.68. The van der Waals surface area contributed by atoms with Crippen LogP contribution >= 0.6 is 22.9 Å². The Kier molecular flexibility index (Phi) is 4.92. The van der Waals surface area contributed by atoms with Gasteiger partial charge in [-0.2, -0.15) is 0 Å². The number of halogens is 1. The van der Waals surface area contributed by atoms with Crippen molar-refractivity contribution in [2.24, 2.45) is 0 Å². The maximum Gasteiger partial charge on any atom is 0.260 e. The fraction of sp³-hybridized carbons (Fsp3) is 0.308. The first-order valence-electron chi connectivity index (χ1n) is 6.20. The van der Waals surface area contributed by atoms with Gasteiger partial charge in [0.2, 0.25) is 0 Å². The highest BCUT2D eigenvalue weighted by molar-refractivity contribution is 7.09. The molecule has 5 nitrogen and oxygen atoms in total. The van der Waals surface area contributed by atoms with Crippen molar-refractivity contribution in [1.82, 2.24) is 15.3 Å². The second-order valence-corrected chi connectivity index (χ2v) is 5.61. The molecule has 2 aromatic rings. The number of aromatic amines is 1. The van der Waals surface area contributed by atoms with Crippen LogP contribution < -0.4 is 10.9 Å². The number of pyridine rings is 1. The van der Waals surface area contributed by atoms with Crippen molar-refractivity contribution in [2.45, 2.75) is 26.3 Å². The van der Waals surface area contributed by atoms with Crippen LogP contribution in [0.2, 0.25) is 5.02 Å². The third-order valence-electron chi connectivity index (χ3n) is 2.61. The number of H-pyrrole nitrogens is 1. The SMILES string of the molecule is CCCc1nc(CNC(=O)c2cc(Cl)c[nH]c2=O)cs1. The van der Waals surface area contributed by atoms with Crippen LogP contribution in [0.4, 0.5) is 0 Å². The molecular formula is C13H14ClN3O2S. The Morgan fingerprint density at radius 2 is 2.35 bits per heavy atom. The number of thiazole rings is 1. The summed E-state index contributed by atoms with van der Waals surface area (Å²) >= 11 is 7.33. The van der Waals surface area contributed by atoms with E-state index in [0.717, 1.165) is 23.5 Å². The van der Waals surface area contributed by atoms with Gasteiger partial charge in [-0.3, -0.25) is 9.59 Å². The Bertz CT molecular complexity index is 666. The van der Waals surface area contributed by atoms with Gasteiger partial charge in [-0.15, -0.1) is 11.3 Å². The van der Waals surface area contributed by atoms with Gasteiger partial charge >= 0.3 is 0 Å². The molecule has 1 amide bonds. The molecule has 106 valence electrons. The lowest BCUT2D eigenvalue weighted by atomic mass is 10.2. The maximum absolute atomic E-state index is 11.9. The van der Waals surface area contributed by atoms with Crippen molar-refractivity contribution in [2.75, 3.05) is 0 Å². The van der Waals surface area contributed by atoms with Crippen molar-refractivity contribution in [1.29, 1.82) is 0 Å². The van der Waals surface area contributed by atoms with Crippen molar-refractivity contribution in [3.8, 4) is 0 Å². The van der Waals surface area contributed by atoms with Crippen molar-refractivity contribution in [3.63, 3.8) is 0 Å². The largest absolute Gasteiger partial charge is 0.346 e. The van der Waals surface area contributed by atoms with E-state index in [-0.39, 0.29) is 5.56 Å². The molecule has 0 radical (unpaired) electrons. The molecule has 7 heteroatoms. The number of rotatable bonds is 5. The first kappa shape index (κ1) is 14.7. The minimum Gasteiger partial charge on any atom is -0.346 e. The molecule has 0 aliphatic rings. The Balaban J connectivity index is 2.01. The van der Waals surface area contributed by atoms with E-state index in [1.165, 1.54) is 12.3 Å². The van der Waals surface area contributed by atoms with Gasteiger partial charge in [0.1, 0.15) is 5.56 Å². The smallest absolute Gasteiger partial charge is 0.260 e. The third-order valence-corrected chi connectivity index (χ3v) is 3.78. The standard InChI is InChI=1S/C13H14ClN3O2S/c1-2-3-11-17-9(7-20-11)6-16-13(19)10-4-8(14)5-15-12(10)18/h4-5,7H,2-3,6H2,1H3,(H,15,18)(H,16,19). The molecule has 2 aromatic heterocycles. The zero-order chi connectivity index (χ0) is 14.5. The number of aryl methyl sites for hydroxylation is 1. The van der Waals surface area contributed by atoms with E-state index in [4.69, 9.17) is 11.6 Å². The van der Waals surface area contributed by atoms with Gasteiger partial charge in [0.05, 0.1) is 22.3 Å². The van der Waals surface area contributed by atoms with Crippen LogP contribution in [0.5, 0.6) is 0 Å². The zero-order valence-electron chi connectivity index (χ0n) is 10.9. The summed E-state index contributed by atoms with van der Waals surface area (Å²) in [7, 11) is 0. The molecule has 0 fully saturated rings. The highest BCUT2D eigenvalue weighted by atomic mass is 35.5. The number of carbonyl (C=O) groups excluding carboxylic acids is 1. The molecular weight excluding hydrogens is 298 g/mol. The summed E-state index contributed by atoms with van der Waals surface area (Å²) in [5, 5.41) is 5.94. The van der Waals surface area contributed by atoms with Gasteiger partial charge in [-0.1, -0.05) is 18.5 Å². The molecule has 0 aliphatic carbocycles. The Labute approximate surface area is 125 Å². The topological polar surface area (TPSA) is 74.8 Å². The van der Waals surface area contributed by atoms with Crippen LogP contribution in [-0.4, -0.2) is 15.9 Å². The fourth-order valence-electron chi connectivity index (χ4n) is 1.65. The van der Waals surface area contributed by atoms with Crippen molar-refractivity contribution in [3.05, 3.63) is 49.3 Å². The summed E-state index contributed by atoms with van der Waals surface area (Å²) < 4.78 is 0. The molecule has 0 aliphatic heterocycles. The van der Waals surface area contributed by atoms with Gasteiger partial charge in [0.25, 0.3) is 11.5 Å². The van der Waals surface area contributed by atoms with Crippen LogP contribution in [-0.2, 0) is 13.0 Å². The quantitative estimate of drug-likeness (QED) is 0.890. The van der Waals surface area contributed by atoms with Crippen LogP contribution in [0.3, 0.4) is 0 Å². The number of aromatic nitrogens is 2. The molecule has 0 saturated heterocycles. The predicted octanol–water partition coefficient (Wildman–Crippen LogP) is 2.37. The number of hydrogen-bond acceptors (Lipinski definition) is 4. The molecule has 20 heavy (non-hydrogen) atoms. The van der Waals surface area contributed by atoms with E-state index < -0.39 is 11.5 Å². The average molecular weight is 312 g/mol. The van der Waals surface area contributed by atoms with Gasteiger partial charge in [-0.05, 0) is 18.9 Å². The highest BCUT2D eigenvalue weighted by Crippen LogP contribution is 2.11. The Morgan fingerprint density at radius 1 is 1.55 bits per heavy atom. The van der Waals surface area contributed by atoms with Gasteiger partial charge in [-0.25, -0.2) is 4.98 Å². The summed E-state index contributed by atoms with van der Waals surface area (Å²) in [6, 6.07) is 1.35. The number of nitrogens with one attached hydrogen (secondary N) is 2. The minimum atomic E-state index is -0.461. The summed E-state index contributed by atoms with van der Waals surface area (Å²) in [6.07, 6.45) is 3.32. The molecule has 0 atom stereocenters. The van der Waals surface area contributed by atoms with Crippen LogP contribution in [0.15, 0.2) is 22.4 Å². The first-order valence-corrected chi connectivity index (χ1v) is 7.45. The molecule has 2 rings (SSSR count). The van der Waals surface area contributed by atoms with E-state index in [2.05, 4.69) is 22.2 Å². The normalized spacial score (nSPS) is 10.5. The lowest BCUT2D eigenvalue weighted by Crippen LogP contribution is -2.29. The fourth-order valence-corrected chi connectivity index (χ4v) is 2.71. The average Bonchev–Trinajstić information content (AvgIpc) is 2.87. The molecule has 0 saturated carbocycles. The minimum absolute atomic E-state index is 0.00140. The van der Waals surface area contributed by atoms with Crippen LogP contribution in [0, 0.1) is 0 Å². The van der Waals surface area contributed by atoms with E-state index in [0.29, 0.717) is 11.6 Å². The number of hydrogen-bond donors (Lipinski definition) is 2. The molecule has 0 unspecified atom stereocenters. The van der Waals surface area contributed by atoms with Crippen LogP contribution in [0.1, 0.15) is 34.4 Å². The second-order valence-electron chi connectivity index (χ2n) is 4.23. The first-order chi connectivity index (χ1) is 9.60. The summed E-state index contributed by atoms with van der Waals surface area (Å²) in [4.78, 5) is 30.2. The summed E-state index contributed by atoms with van der Waals surface area (Å²) in [5.74, 6) is -0.459. The van der Waals surface area contributed by atoms with Gasteiger partial charge in [0, 0.05) is 11.6 Å². The van der Waals surface area contributed by atoms with E-state index in [9.17, 15) is 9.59 Å². The zero-order valence-corrected chi connectivity index (χ0v) is 12.5. The highest BCUT2D eigenvalue weighted by Gasteiger charge is 2.11. The lowest BCUT2D eigenvalue weighted by Gasteiger charge is -2.02. The van der Waals surface area contributed by atoms with Crippen LogP contribution in [0.25, 0.3) is 0 Å². The monoisotopic (exact) mass is 311 g/mol. The van der Waals surface area contributed by atoms with Gasteiger partial charge in [0.15, 0.2) is 0 Å². The van der Waals surface area contributed by atoms with Crippen molar-refractivity contribution >= 4 is 28.8 Å². The summed E-state index contributed by atoms with van der Waals surface area (Å²) in [6.45, 7) is 2.39. The maximum atomic E-state index is 11.9. The molecule has 2 N–H and O–H groups in total. The van der Waals surface area contributed by atoms with E-state index >= 15 is 0 Å². The predicted molar refractivity (Wildman–Crippen MR) is 79.4 cm³/mol. The summed E-state index contributed by atoms with van der Waals surface area (Å²) in [5.41, 5.74) is 0.337. The molecule has 2 heterocycles. The van der Waals surface area contributed by atoms with E-state index in [1.807, 2.05) is 5.38 Å². The lowest BCUT2D eigenvalue weighted by molar-refractivity contribution is 0.0949. The Morgan fingerprint density at radius 3 is 3.10 bits per heavy atom. The molecule has 0 spiro atoms. The Hall–Kier alpha value is -1.66. The van der Waals surface area contributed by atoms with E-state index in [1.54, 1.807) is 11.3 Å². The number of carbonyl (C=O) groups is 1. The van der Waals surface area contributed by atoms with Crippen molar-refractivity contribution < 1.29 is 4.79 Å². The number of amides is 1. The second kappa shape index (κ2) is 6.67. The molecule has 0 aromatic carbocycles.